The monoisotopic (exact) mass is 446 g/mol. The molecule has 0 atom stereocenters. The molecule has 0 unspecified atom stereocenters. The highest BCUT2D eigenvalue weighted by molar-refractivity contribution is 5.92. The van der Waals surface area contributed by atoms with E-state index in [4.69, 9.17) is 0 Å². The third-order valence-electron chi connectivity index (χ3n) is 5.06. The Morgan fingerprint density at radius 1 is 1.06 bits per heavy atom. The van der Waals surface area contributed by atoms with Crippen molar-refractivity contribution < 1.29 is 22.7 Å². The van der Waals surface area contributed by atoms with E-state index in [1.54, 1.807) is 36.5 Å². The molecule has 11 heteroatoms. The number of rotatable bonds is 6. The van der Waals surface area contributed by atoms with Gasteiger partial charge in [0.25, 0.3) is 5.91 Å². The third kappa shape index (κ3) is 5.61. The van der Waals surface area contributed by atoms with Gasteiger partial charge in [0.1, 0.15) is 17.3 Å². The molecular weight excluding hydrogens is 425 g/mol. The van der Waals surface area contributed by atoms with Crippen LogP contribution in [-0.4, -0.2) is 50.0 Å². The molecule has 32 heavy (non-hydrogen) atoms. The van der Waals surface area contributed by atoms with Gasteiger partial charge in [0.2, 0.25) is 0 Å². The van der Waals surface area contributed by atoms with Gasteiger partial charge in [-0.25, -0.2) is 0 Å². The van der Waals surface area contributed by atoms with Crippen molar-refractivity contribution in [1.82, 2.24) is 30.0 Å². The lowest BCUT2D eigenvalue weighted by atomic mass is 10.2. The van der Waals surface area contributed by atoms with E-state index in [0.29, 0.717) is 37.6 Å². The number of hydrogen-bond acceptors (Lipinski definition) is 6. The molecule has 1 amide bonds. The first-order valence-electron chi connectivity index (χ1n) is 10.0. The first kappa shape index (κ1) is 21.8. The SMILES string of the molecule is O=C(NCc1nnc2n1CCN(Cc1ccc(OC(F)(F)F)cc1)CC2)c1ccccn1. The number of alkyl halides is 3. The number of carbonyl (C=O) groups excluding carboxylic acids is 1. The minimum absolute atomic E-state index is 0.235. The number of ether oxygens (including phenoxy) is 1. The number of amides is 1. The maximum absolute atomic E-state index is 12.3. The summed E-state index contributed by atoms with van der Waals surface area (Å²) in [5.74, 6) is 0.986. The fourth-order valence-corrected chi connectivity index (χ4v) is 3.52. The van der Waals surface area contributed by atoms with E-state index >= 15 is 0 Å². The van der Waals surface area contributed by atoms with Crippen LogP contribution < -0.4 is 10.1 Å². The van der Waals surface area contributed by atoms with E-state index in [2.05, 4.69) is 30.1 Å². The molecule has 1 N–H and O–H groups in total. The Kier molecular flexibility index (Phi) is 6.35. The number of fused-ring (bicyclic) bond motifs is 1. The number of nitrogens with one attached hydrogen (secondary N) is 1. The summed E-state index contributed by atoms with van der Waals surface area (Å²) in [5.41, 5.74) is 1.22. The van der Waals surface area contributed by atoms with Crippen LogP contribution in [0.25, 0.3) is 0 Å². The van der Waals surface area contributed by atoms with Gasteiger partial charge in [-0.15, -0.1) is 23.4 Å². The van der Waals surface area contributed by atoms with Gasteiger partial charge in [-0.3, -0.25) is 14.7 Å². The average molecular weight is 446 g/mol. The molecule has 0 bridgehead atoms. The minimum Gasteiger partial charge on any atom is -0.406 e. The Balaban J connectivity index is 1.33. The van der Waals surface area contributed by atoms with Crippen molar-refractivity contribution in [2.24, 2.45) is 0 Å². The Labute approximate surface area is 182 Å². The van der Waals surface area contributed by atoms with E-state index in [0.717, 1.165) is 17.9 Å². The number of benzene rings is 1. The summed E-state index contributed by atoms with van der Waals surface area (Å²) in [7, 11) is 0. The lowest BCUT2D eigenvalue weighted by molar-refractivity contribution is -0.274. The standard InChI is InChI=1S/C21H21F3N6O2/c22-21(23,24)32-16-6-4-15(5-7-16)14-29-10-8-18-27-28-19(30(18)12-11-29)13-26-20(31)17-3-1-2-9-25-17/h1-7,9H,8,10-14H2,(H,26,31). The van der Waals surface area contributed by atoms with Gasteiger partial charge in [0, 0.05) is 38.8 Å². The summed E-state index contributed by atoms with van der Waals surface area (Å²) in [5, 5.41) is 11.3. The van der Waals surface area contributed by atoms with Crippen molar-refractivity contribution in [2.75, 3.05) is 13.1 Å². The third-order valence-corrected chi connectivity index (χ3v) is 5.06. The molecule has 0 radical (unpaired) electrons. The quantitative estimate of drug-likeness (QED) is 0.627. The lowest BCUT2D eigenvalue weighted by Crippen LogP contribution is -2.28. The summed E-state index contributed by atoms with van der Waals surface area (Å²) in [6, 6.07) is 11.0. The molecular formula is C21H21F3N6O2. The second-order valence-corrected chi connectivity index (χ2v) is 7.30. The van der Waals surface area contributed by atoms with Crippen molar-refractivity contribution in [2.45, 2.75) is 32.4 Å². The maximum atomic E-state index is 12.3. The number of carbonyl (C=O) groups is 1. The maximum Gasteiger partial charge on any atom is 0.573 e. The highest BCUT2D eigenvalue weighted by Gasteiger charge is 2.31. The second-order valence-electron chi connectivity index (χ2n) is 7.30. The predicted octanol–water partition coefficient (Wildman–Crippen LogP) is 2.56. The van der Waals surface area contributed by atoms with Crippen LogP contribution >= 0.6 is 0 Å². The average Bonchev–Trinajstić information content (AvgIpc) is 3.05. The smallest absolute Gasteiger partial charge is 0.406 e. The molecule has 3 heterocycles. The summed E-state index contributed by atoms with van der Waals surface area (Å²) >= 11 is 0. The molecule has 8 nitrogen and oxygen atoms in total. The van der Waals surface area contributed by atoms with Crippen LogP contribution in [0.15, 0.2) is 48.7 Å². The van der Waals surface area contributed by atoms with Gasteiger partial charge in [-0.05, 0) is 29.8 Å². The van der Waals surface area contributed by atoms with Crippen molar-refractivity contribution in [3.63, 3.8) is 0 Å². The molecule has 2 aromatic heterocycles. The topological polar surface area (TPSA) is 85.2 Å². The summed E-state index contributed by atoms with van der Waals surface area (Å²) in [6.45, 7) is 2.93. The molecule has 0 spiro atoms. The van der Waals surface area contributed by atoms with Crippen LogP contribution in [0.1, 0.15) is 27.7 Å². The van der Waals surface area contributed by atoms with Crippen LogP contribution in [0.4, 0.5) is 13.2 Å². The van der Waals surface area contributed by atoms with Crippen LogP contribution in [0, 0.1) is 0 Å². The molecule has 3 aromatic rings. The van der Waals surface area contributed by atoms with E-state index in [-0.39, 0.29) is 18.2 Å². The number of hydrogen-bond donors (Lipinski definition) is 1. The molecule has 0 aliphatic carbocycles. The molecule has 0 fully saturated rings. The van der Waals surface area contributed by atoms with Gasteiger partial charge < -0.3 is 14.6 Å². The summed E-state index contributed by atoms with van der Waals surface area (Å²) < 4.78 is 42.8. The number of nitrogens with zero attached hydrogens (tertiary/aromatic N) is 5. The van der Waals surface area contributed by atoms with Crippen LogP contribution in [-0.2, 0) is 26.1 Å². The fourth-order valence-electron chi connectivity index (χ4n) is 3.52. The molecule has 1 aliphatic rings. The Morgan fingerprint density at radius 3 is 2.59 bits per heavy atom. The zero-order valence-corrected chi connectivity index (χ0v) is 17.0. The van der Waals surface area contributed by atoms with Gasteiger partial charge >= 0.3 is 6.36 Å². The Hall–Kier alpha value is -3.47. The lowest BCUT2D eigenvalue weighted by Gasteiger charge is -2.20. The summed E-state index contributed by atoms with van der Waals surface area (Å²) in [4.78, 5) is 18.4. The molecule has 4 rings (SSSR count). The van der Waals surface area contributed by atoms with E-state index in [1.807, 2.05) is 4.57 Å². The van der Waals surface area contributed by atoms with Crippen molar-refractivity contribution in [3.8, 4) is 5.75 Å². The highest BCUT2D eigenvalue weighted by atomic mass is 19.4. The fraction of sp³-hybridized carbons (Fsp3) is 0.333. The molecule has 0 saturated carbocycles. The zero-order valence-electron chi connectivity index (χ0n) is 17.0. The van der Waals surface area contributed by atoms with Crippen molar-refractivity contribution in [3.05, 3.63) is 71.6 Å². The van der Waals surface area contributed by atoms with Gasteiger partial charge in [-0.2, -0.15) is 0 Å². The second kappa shape index (κ2) is 9.35. The van der Waals surface area contributed by atoms with Gasteiger partial charge in [-0.1, -0.05) is 18.2 Å². The molecule has 0 saturated heterocycles. The largest absolute Gasteiger partial charge is 0.573 e. The minimum atomic E-state index is -4.70. The normalized spacial score (nSPS) is 14.5. The Morgan fingerprint density at radius 2 is 1.88 bits per heavy atom. The van der Waals surface area contributed by atoms with Crippen LogP contribution in [0.2, 0.25) is 0 Å². The highest BCUT2D eigenvalue weighted by Crippen LogP contribution is 2.23. The van der Waals surface area contributed by atoms with E-state index in [9.17, 15) is 18.0 Å². The first-order chi connectivity index (χ1) is 15.4. The van der Waals surface area contributed by atoms with Crippen molar-refractivity contribution in [1.29, 1.82) is 0 Å². The number of halogens is 3. The summed E-state index contributed by atoms with van der Waals surface area (Å²) in [6.07, 6.45) is -2.46. The van der Waals surface area contributed by atoms with Crippen LogP contribution in [0.3, 0.4) is 0 Å². The van der Waals surface area contributed by atoms with E-state index in [1.165, 1.54) is 12.1 Å². The zero-order chi connectivity index (χ0) is 22.6. The van der Waals surface area contributed by atoms with Gasteiger partial charge in [0.15, 0.2) is 5.82 Å². The number of pyridine rings is 1. The van der Waals surface area contributed by atoms with Crippen LogP contribution in [0.5, 0.6) is 5.75 Å². The molecule has 1 aliphatic heterocycles. The predicted molar refractivity (Wildman–Crippen MR) is 108 cm³/mol. The van der Waals surface area contributed by atoms with Gasteiger partial charge in [0.05, 0.1) is 6.54 Å². The van der Waals surface area contributed by atoms with E-state index < -0.39 is 6.36 Å². The molecule has 1 aromatic carbocycles. The van der Waals surface area contributed by atoms with Crippen molar-refractivity contribution >= 4 is 5.91 Å². The molecule has 168 valence electrons. The number of aromatic nitrogens is 4. The Bertz CT molecular complexity index is 1050. The first-order valence-corrected chi connectivity index (χ1v) is 10.0.